The number of benzene rings is 3. The molecule has 0 bridgehead atoms. The number of fused-ring (bicyclic) bond motifs is 1. The molecule has 3 aromatic carbocycles. The standard InChI is InChI=1S/C25H19FN6O3/c1-15-28-29-30-32(15)21-14-17(11-12-20(21)26)27-23(33)22(13-16-7-3-2-4-8-16)31-24(34)18-9-5-6-10-19(18)25(31)35/h2-12,14,22H,13H2,1H3,(H,27,33). The quantitative estimate of drug-likeness (QED) is 0.434. The van der Waals surface area contributed by atoms with Crippen molar-refractivity contribution in [1.29, 1.82) is 0 Å². The Kier molecular flexibility index (Phi) is 5.61. The van der Waals surface area contributed by atoms with Gasteiger partial charge in [-0.3, -0.25) is 19.3 Å². The largest absolute Gasteiger partial charge is 0.324 e. The zero-order valence-electron chi connectivity index (χ0n) is 18.6. The van der Waals surface area contributed by atoms with Gasteiger partial charge in [0, 0.05) is 12.1 Å². The van der Waals surface area contributed by atoms with E-state index >= 15 is 0 Å². The number of halogens is 1. The molecule has 0 spiro atoms. The number of carbonyl (C=O) groups excluding carboxylic acids is 3. The van der Waals surface area contributed by atoms with Gasteiger partial charge in [-0.1, -0.05) is 42.5 Å². The summed E-state index contributed by atoms with van der Waals surface area (Å²) in [4.78, 5) is 40.8. The number of aryl methyl sites for hydroxylation is 1. The van der Waals surface area contributed by atoms with Crippen LogP contribution in [0.1, 0.15) is 32.1 Å². The zero-order chi connectivity index (χ0) is 24.5. The average Bonchev–Trinajstić information content (AvgIpc) is 3.40. The van der Waals surface area contributed by atoms with E-state index < -0.39 is 29.6 Å². The molecule has 174 valence electrons. The van der Waals surface area contributed by atoms with Crippen molar-refractivity contribution in [1.82, 2.24) is 25.1 Å². The van der Waals surface area contributed by atoms with Crippen molar-refractivity contribution in [2.24, 2.45) is 0 Å². The Morgan fingerprint density at radius 3 is 2.26 bits per heavy atom. The molecule has 1 atom stereocenters. The minimum atomic E-state index is -1.13. The molecule has 0 radical (unpaired) electrons. The van der Waals surface area contributed by atoms with Gasteiger partial charge in [0.2, 0.25) is 5.91 Å². The van der Waals surface area contributed by atoms with Gasteiger partial charge in [0.15, 0.2) is 5.82 Å². The highest BCUT2D eigenvalue weighted by molar-refractivity contribution is 6.23. The summed E-state index contributed by atoms with van der Waals surface area (Å²) < 4.78 is 15.7. The Hall–Kier alpha value is -4.73. The van der Waals surface area contributed by atoms with E-state index in [0.717, 1.165) is 10.5 Å². The van der Waals surface area contributed by atoms with Gasteiger partial charge in [0.1, 0.15) is 17.5 Å². The molecule has 5 rings (SSSR count). The lowest BCUT2D eigenvalue weighted by Gasteiger charge is -2.25. The first-order valence-corrected chi connectivity index (χ1v) is 10.8. The predicted molar refractivity (Wildman–Crippen MR) is 123 cm³/mol. The van der Waals surface area contributed by atoms with Crippen molar-refractivity contribution in [2.75, 3.05) is 5.32 Å². The number of imide groups is 1. The van der Waals surface area contributed by atoms with Gasteiger partial charge in [0.05, 0.1) is 11.1 Å². The molecule has 3 amide bonds. The summed E-state index contributed by atoms with van der Waals surface area (Å²) in [5, 5.41) is 13.8. The first-order valence-electron chi connectivity index (χ1n) is 10.8. The maximum atomic E-state index is 14.5. The van der Waals surface area contributed by atoms with E-state index in [2.05, 4.69) is 20.8 Å². The predicted octanol–water partition coefficient (Wildman–Crippen LogP) is 2.96. The van der Waals surface area contributed by atoms with Crippen LogP contribution in [0.3, 0.4) is 0 Å². The summed E-state index contributed by atoms with van der Waals surface area (Å²) in [6, 6.07) is 18.4. The van der Waals surface area contributed by atoms with Crippen LogP contribution in [0.5, 0.6) is 0 Å². The number of hydrogen-bond acceptors (Lipinski definition) is 6. The summed E-state index contributed by atoms with van der Waals surface area (Å²) in [6.07, 6.45) is 0.109. The third kappa shape index (κ3) is 4.05. The molecule has 1 aliphatic rings. The molecule has 10 heteroatoms. The topological polar surface area (TPSA) is 110 Å². The van der Waals surface area contributed by atoms with Crippen LogP contribution in [0.15, 0.2) is 72.8 Å². The number of aromatic nitrogens is 4. The highest BCUT2D eigenvalue weighted by Crippen LogP contribution is 2.27. The van der Waals surface area contributed by atoms with E-state index in [4.69, 9.17) is 0 Å². The lowest BCUT2D eigenvalue weighted by molar-refractivity contribution is -0.119. The average molecular weight is 470 g/mol. The molecule has 9 nitrogen and oxygen atoms in total. The maximum absolute atomic E-state index is 14.5. The monoisotopic (exact) mass is 470 g/mol. The van der Waals surface area contributed by atoms with Gasteiger partial charge >= 0.3 is 0 Å². The molecule has 1 unspecified atom stereocenters. The molecule has 4 aromatic rings. The van der Waals surface area contributed by atoms with E-state index in [1.54, 1.807) is 31.2 Å². The van der Waals surface area contributed by atoms with Crippen LogP contribution in [-0.2, 0) is 11.2 Å². The van der Waals surface area contributed by atoms with Crippen molar-refractivity contribution >= 4 is 23.4 Å². The van der Waals surface area contributed by atoms with Gasteiger partial charge in [-0.25, -0.2) is 4.39 Å². The highest BCUT2D eigenvalue weighted by atomic mass is 19.1. The molecule has 0 fully saturated rings. The van der Waals surface area contributed by atoms with Crippen molar-refractivity contribution in [3.63, 3.8) is 0 Å². The molecular weight excluding hydrogens is 451 g/mol. The van der Waals surface area contributed by atoms with E-state index in [1.165, 1.54) is 22.9 Å². The van der Waals surface area contributed by atoms with E-state index in [1.807, 2.05) is 30.3 Å². The van der Waals surface area contributed by atoms with Crippen LogP contribution >= 0.6 is 0 Å². The summed E-state index contributed by atoms with van der Waals surface area (Å²) in [6.45, 7) is 1.61. The normalized spacial score (nSPS) is 13.6. The smallest absolute Gasteiger partial charge is 0.262 e. The van der Waals surface area contributed by atoms with E-state index in [-0.39, 0.29) is 28.9 Å². The molecule has 0 saturated carbocycles. The van der Waals surface area contributed by atoms with Gasteiger partial charge in [0.25, 0.3) is 11.8 Å². The zero-order valence-corrected chi connectivity index (χ0v) is 18.6. The lowest BCUT2D eigenvalue weighted by atomic mass is 10.0. The van der Waals surface area contributed by atoms with Crippen molar-refractivity contribution in [2.45, 2.75) is 19.4 Å². The van der Waals surface area contributed by atoms with Crippen molar-refractivity contribution < 1.29 is 18.8 Å². The number of carbonyl (C=O) groups is 3. The third-order valence-electron chi connectivity index (χ3n) is 5.78. The van der Waals surface area contributed by atoms with Crippen LogP contribution in [0.4, 0.5) is 10.1 Å². The van der Waals surface area contributed by atoms with E-state index in [9.17, 15) is 18.8 Å². The Labute approximate surface area is 199 Å². The molecule has 2 heterocycles. The number of nitrogens with zero attached hydrogens (tertiary/aromatic N) is 5. The molecule has 0 saturated heterocycles. The Morgan fingerprint density at radius 1 is 0.971 bits per heavy atom. The maximum Gasteiger partial charge on any atom is 0.262 e. The fourth-order valence-electron chi connectivity index (χ4n) is 4.06. The molecule has 1 N–H and O–H groups in total. The van der Waals surface area contributed by atoms with Gasteiger partial charge in [-0.15, -0.1) is 5.10 Å². The number of amides is 3. The Bertz CT molecular complexity index is 1420. The lowest BCUT2D eigenvalue weighted by Crippen LogP contribution is -2.48. The number of rotatable bonds is 6. The minimum absolute atomic E-state index is 0.0469. The Morgan fingerprint density at radius 2 is 1.63 bits per heavy atom. The molecular formula is C25H19FN6O3. The molecule has 35 heavy (non-hydrogen) atoms. The van der Waals surface area contributed by atoms with Crippen molar-refractivity contribution in [3.8, 4) is 5.69 Å². The van der Waals surface area contributed by atoms with Gasteiger partial charge < -0.3 is 5.32 Å². The third-order valence-corrected chi connectivity index (χ3v) is 5.78. The summed E-state index contributed by atoms with van der Waals surface area (Å²) in [5.74, 6) is -1.88. The van der Waals surface area contributed by atoms with Crippen LogP contribution in [0.25, 0.3) is 5.69 Å². The van der Waals surface area contributed by atoms with Crippen LogP contribution in [0, 0.1) is 12.7 Å². The van der Waals surface area contributed by atoms with E-state index in [0.29, 0.717) is 5.82 Å². The fraction of sp³-hybridized carbons (Fsp3) is 0.120. The second-order valence-electron chi connectivity index (χ2n) is 8.02. The SMILES string of the molecule is Cc1nnnn1-c1cc(NC(=O)C(Cc2ccccc2)N2C(=O)c3ccccc3C2=O)ccc1F. The van der Waals surface area contributed by atoms with Gasteiger partial charge in [-0.05, 0) is 53.2 Å². The highest BCUT2D eigenvalue weighted by Gasteiger charge is 2.42. The Balaban J connectivity index is 1.48. The molecule has 1 aliphatic heterocycles. The summed E-state index contributed by atoms with van der Waals surface area (Å²) in [5.41, 5.74) is 1.58. The first kappa shape index (κ1) is 22.1. The second-order valence-corrected chi connectivity index (χ2v) is 8.02. The fourth-order valence-corrected chi connectivity index (χ4v) is 4.06. The minimum Gasteiger partial charge on any atom is -0.324 e. The summed E-state index contributed by atoms with van der Waals surface area (Å²) in [7, 11) is 0. The second kappa shape index (κ2) is 8.90. The van der Waals surface area contributed by atoms with Gasteiger partial charge in [-0.2, -0.15) is 4.68 Å². The van der Waals surface area contributed by atoms with Crippen LogP contribution < -0.4 is 5.32 Å². The molecule has 0 aliphatic carbocycles. The molecule has 1 aromatic heterocycles. The van der Waals surface area contributed by atoms with Crippen molar-refractivity contribution in [3.05, 3.63) is 101 Å². The number of anilines is 1. The van der Waals surface area contributed by atoms with Crippen LogP contribution in [0.2, 0.25) is 0 Å². The number of hydrogen-bond donors (Lipinski definition) is 1. The van der Waals surface area contributed by atoms with Crippen LogP contribution in [-0.4, -0.2) is 48.9 Å². The summed E-state index contributed by atoms with van der Waals surface area (Å²) >= 11 is 0. The number of nitrogens with one attached hydrogen (secondary N) is 1. The first-order chi connectivity index (χ1) is 16.9. The number of tetrazole rings is 1.